The number of hydrogen-bond acceptors (Lipinski definition) is 5. The summed E-state index contributed by atoms with van der Waals surface area (Å²) in [5, 5.41) is 12.2. The van der Waals surface area contributed by atoms with E-state index in [1.54, 1.807) is 0 Å². The molecule has 1 aromatic heterocycles. The molecule has 6 heteroatoms. The van der Waals surface area contributed by atoms with Crippen molar-refractivity contribution in [2.24, 2.45) is 11.8 Å². The summed E-state index contributed by atoms with van der Waals surface area (Å²) in [6.07, 6.45) is 7.90. The Bertz CT molecular complexity index is 528. The molecule has 0 aliphatic heterocycles. The number of ether oxygens (including phenoxy) is 1. The molecule has 18 heavy (non-hydrogen) atoms. The molecule has 94 valence electrons. The predicted molar refractivity (Wildman–Crippen MR) is 62.4 cm³/mol. The van der Waals surface area contributed by atoms with Crippen molar-refractivity contribution in [3.8, 4) is 0 Å². The Hall–Kier alpha value is -1.98. The van der Waals surface area contributed by atoms with Crippen LogP contribution in [0.5, 0.6) is 0 Å². The minimum Gasteiger partial charge on any atom is -0.468 e. The number of fused-ring (bicyclic) bond motifs is 1. The van der Waals surface area contributed by atoms with E-state index in [1.165, 1.54) is 11.9 Å². The lowest BCUT2D eigenvalue weighted by atomic mass is 10.0. The van der Waals surface area contributed by atoms with Crippen molar-refractivity contribution in [1.29, 1.82) is 0 Å². The predicted octanol–water partition coefficient (Wildman–Crippen LogP) is 0.476. The van der Waals surface area contributed by atoms with E-state index in [4.69, 9.17) is 4.74 Å². The van der Waals surface area contributed by atoms with Crippen LogP contribution in [0.15, 0.2) is 24.3 Å². The molecule has 0 saturated heterocycles. The van der Waals surface area contributed by atoms with E-state index >= 15 is 0 Å². The van der Waals surface area contributed by atoms with Gasteiger partial charge in [0.2, 0.25) is 0 Å². The average molecular weight is 246 g/mol. The molecule has 2 unspecified atom stereocenters. The van der Waals surface area contributed by atoms with Gasteiger partial charge in [-0.1, -0.05) is 24.3 Å². The smallest absolute Gasteiger partial charge is 0.321 e. The number of carbonyl (C=O) groups is 1. The summed E-state index contributed by atoms with van der Waals surface area (Å²) in [6, 6.07) is 0. The minimum atomic E-state index is -0.772. The van der Waals surface area contributed by atoms with Gasteiger partial charge in [-0.05, 0) is 12.1 Å². The molecule has 1 fully saturated rings. The molecule has 6 nitrogen and oxygen atoms in total. The third kappa shape index (κ3) is 1.23. The van der Waals surface area contributed by atoms with Gasteiger partial charge in [-0.15, -0.1) is 10.2 Å². The van der Waals surface area contributed by atoms with Crippen LogP contribution in [0.1, 0.15) is 12.7 Å². The van der Waals surface area contributed by atoms with Gasteiger partial charge >= 0.3 is 5.97 Å². The number of carbonyl (C=O) groups excluding carboxylic acids is 1. The SMILES string of the molecule is CCn1nnc(C2(C(=O)OC)C3C=CC=CC32)n1. The first-order valence-corrected chi connectivity index (χ1v) is 5.96. The van der Waals surface area contributed by atoms with Gasteiger partial charge in [-0.2, -0.15) is 4.80 Å². The fourth-order valence-electron chi connectivity index (χ4n) is 2.73. The molecule has 0 aromatic carbocycles. The largest absolute Gasteiger partial charge is 0.468 e. The number of aromatic nitrogens is 4. The maximum Gasteiger partial charge on any atom is 0.321 e. The maximum absolute atomic E-state index is 12.2. The number of aryl methyl sites for hydroxylation is 1. The highest BCUT2D eigenvalue weighted by Gasteiger charge is 2.72. The second-order valence-electron chi connectivity index (χ2n) is 4.48. The van der Waals surface area contributed by atoms with Gasteiger partial charge in [0.05, 0.1) is 13.7 Å². The second-order valence-corrected chi connectivity index (χ2v) is 4.48. The van der Waals surface area contributed by atoms with E-state index in [9.17, 15) is 4.79 Å². The first kappa shape index (κ1) is 11.1. The molecular weight excluding hydrogens is 232 g/mol. The van der Waals surface area contributed by atoms with Gasteiger partial charge in [0.25, 0.3) is 0 Å². The zero-order valence-electron chi connectivity index (χ0n) is 10.3. The number of allylic oxidation sites excluding steroid dienone is 4. The molecule has 0 radical (unpaired) electrons. The molecule has 2 atom stereocenters. The van der Waals surface area contributed by atoms with E-state index in [-0.39, 0.29) is 17.8 Å². The number of hydrogen-bond donors (Lipinski definition) is 0. The summed E-state index contributed by atoms with van der Waals surface area (Å²) in [5.41, 5.74) is -0.772. The van der Waals surface area contributed by atoms with Crippen LogP contribution in [0.2, 0.25) is 0 Å². The van der Waals surface area contributed by atoms with Crippen molar-refractivity contribution in [3.05, 3.63) is 30.1 Å². The number of esters is 1. The van der Waals surface area contributed by atoms with E-state index in [0.29, 0.717) is 12.4 Å². The highest BCUT2D eigenvalue weighted by atomic mass is 16.5. The Balaban J connectivity index is 2.05. The van der Waals surface area contributed by atoms with Gasteiger partial charge in [0, 0.05) is 11.8 Å². The third-order valence-corrected chi connectivity index (χ3v) is 3.71. The Labute approximate surface area is 104 Å². The number of tetrazole rings is 1. The Morgan fingerprint density at radius 2 is 2.11 bits per heavy atom. The second kappa shape index (κ2) is 3.76. The van der Waals surface area contributed by atoms with Gasteiger partial charge in [-0.25, -0.2) is 0 Å². The van der Waals surface area contributed by atoms with Crippen LogP contribution in [0.4, 0.5) is 0 Å². The molecule has 2 aliphatic rings. The van der Waals surface area contributed by atoms with Crippen LogP contribution in [0.25, 0.3) is 0 Å². The molecule has 2 aliphatic carbocycles. The number of rotatable bonds is 3. The lowest BCUT2D eigenvalue weighted by Crippen LogP contribution is -2.27. The van der Waals surface area contributed by atoms with Crippen molar-refractivity contribution in [1.82, 2.24) is 20.2 Å². The fraction of sp³-hybridized carbons (Fsp3) is 0.500. The van der Waals surface area contributed by atoms with Crippen LogP contribution in [0.3, 0.4) is 0 Å². The van der Waals surface area contributed by atoms with E-state index in [0.717, 1.165) is 0 Å². The normalized spacial score (nSPS) is 32.1. The monoisotopic (exact) mass is 246 g/mol. The van der Waals surface area contributed by atoms with E-state index < -0.39 is 5.41 Å². The van der Waals surface area contributed by atoms with Crippen molar-refractivity contribution < 1.29 is 9.53 Å². The number of nitrogens with zero attached hydrogens (tertiary/aromatic N) is 4. The van der Waals surface area contributed by atoms with Crippen LogP contribution < -0.4 is 0 Å². The molecule has 0 N–H and O–H groups in total. The first-order chi connectivity index (χ1) is 8.75. The summed E-state index contributed by atoms with van der Waals surface area (Å²) in [5.74, 6) is 0.348. The molecule has 1 saturated carbocycles. The molecule has 0 bridgehead atoms. The summed E-state index contributed by atoms with van der Waals surface area (Å²) in [7, 11) is 1.39. The van der Waals surface area contributed by atoms with E-state index in [1.807, 2.05) is 31.2 Å². The summed E-state index contributed by atoms with van der Waals surface area (Å²) >= 11 is 0. The van der Waals surface area contributed by atoms with Gasteiger partial charge in [0.15, 0.2) is 5.82 Å². The van der Waals surface area contributed by atoms with Crippen molar-refractivity contribution >= 4 is 5.97 Å². The average Bonchev–Trinajstić information content (AvgIpc) is 2.86. The molecule has 3 rings (SSSR count). The topological polar surface area (TPSA) is 69.9 Å². The standard InChI is InChI=1S/C12H14N4O2/c1-3-16-14-10(13-15-16)12(11(17)18-2)8-6-4-5-7-9(8)12/h4-9H,3H2,1-2H3. The molecule has 1 aromatic rings. The highest BCUT2D eigenvalue weighted by molar-refractivity contribution is 5.88. The zero-order chi connectivity index (χ0) is 12.8. The third-order valence-electron chi connectivity index (χ3n) is 3.71. The lowest BCUT2D eigenvalue weighted by molar-refractivity contribution is -0.144. The maximum atomic E-state index is 12.2. The van der Waals surface area contributed by atoms with Crippen LogP contribution in [-0.2, 0) is 21.5 Å². The van der Waals surface area contributed by atoms with Crippen LogP contribution >= 0.6 is 0 Å². The zero-order valence-corrected chi connectivity index (χ0v) is 10.3. The van der Waals surface area contributed by atoms with E-state index in [2.05, 4.69) is 15.4 Å². The lowest BCUT2D eigenvalue weighted by Gasteiger charge is -2.09. The quantitative estimate of drug-likeness (QED) is 0.725. The van der Waals surface area contributed by atoms with Crippen molar-refractivity contribution in [2.45, 2.75) is 18.9 Å². The van der Waals surface area contributed by atoms with Gasteiger partial charge < -0.3 is 4.74 Å². The Morgan fingerprint density at radius 3 is 2.61 bits per heavy atom. The fourth-order valence-corrected chi connectivity index (χ4v) is 2.73. The van der Waals surface area contributed by atoms with Crippen LogP contribution in [-0.4, -0.2) is 33.3 Å². The van der Waals surface area contributed by atoms with Crippen molar-refractivity contribution in [2.75, 3.05) is 7.11 Å². The highest BCUT2D eigenvalue weighted by Crippen LogP contribution is 2.62. The van der Waals surface area contributed by atoms with Crippen LogP contribution in [0, 0.1) is 11.8 Å². The minimum absolute atomic E-state index is 0.0875. The summed E-state index contributed by atoms with van der Waals surface area (Å²) in [6.45, 7) is 2.56. The van der Waals surface area contributed by atoms with Crippen molar-refractivity contribution in [3.63, 3.8) is 0 Å². The Morgan fingerprint density at radius 1 is 1.44 bits per heavy atom. The van der Waals surface area contributed by atoms with Gasteiger partial charge in [0.1, 0.15) is 5.41 Å². The number of methoxy groups -OCH3 is 1. The van der Waals surface area contributed by atoms with Gasteiger partial charge in [-0.3, -0.25) is 4.79 Å². The molecule has 0 amide bonds. The summed E-state index contributed by atoms with van der Waals surface area (Å²) < 4.78 is 4.94. The Kier molecular flexibility index (Phi) is 2.33. The molecule has 0 spiro atoms. The summed E-state index contributed by atoms with van der Waals surface area (Å²) in [4.78, 5) is 13.6. The first-order valence-electron chi connectivity index (χ1n) is 5.96. The molecular formula is C12H14N4O2. The molecule has 1 heterocycles.